The quantitative estimate of drug-likeness (QED) is 0.481. The Morgan fingerprint density at radius 1 is 1.04 bits per heavy atom. The Morgan fingerprint density at radius 3 is 2.04 bits per heavy atom. The van der Waals surface area contributed by atoms with Crippen molar-refractivity contribution >= 4 is 24.6 Å². The van der Waals surface area contributed by atoms with Gasteiger partial charge in [-0.2, -0.15) is 0 Å². The van der Waals surface area contributed by atoms with Crippen molar-refractivity contribution in [3.05, 3.63) is 29.3 Å². The Balaban J connectivity index is 3.39. The zero-order valence-electron chi connectivity index (χ0n) is 14.0. The van der Waals surface area contributed by atoms with E-state index >= 15 is 0 Å². The molecule has 0 saturated carbocycles. The van der Waals surface area contributed by atoms with E-state index in [9.17, 15) is 10.1 Å². The second kappa shape index (κ2) is 9.68. The molecule has 0 bridgehead atoms. The summed E-state index contributed by atoms with van der Waals surface area (Å²) in [6.07, 6.45) is 0. The first-order valence-corrected chi connectivity index (χ1v) is 11.3. The van der Waals surface area contributed by atoms with Gasteiger partial charge in [0.25, 0.3) is 0 Å². The van der Waals surface area contributed by atoms with E-state index in [1.54, 1.807) is 25.1 Å². The Bertz CT molecular complexity index is 553. The van der Waals surface area contributed by atoms with Gasteiger partial charge in [0.1, 0.15) is 0 Å². The van der Waals surface area contributed by atoms with E-state index < -0.39 is 20.2 Å². The number of nitrogens with zero attached hydrogens (tertiary/aromatic N) is 1. The van der Waals surface area contributed by atoms with Gasteiger partial charge in [-0.15, -0.1) is 0 Å². The first-order valence-electron chi connectivity index (χ1n) is 7.72. The third-order valence-electron chi connectivity index (χ3n) is 2.99. The van der Waals surface area contributed by atoms with Crippen molar-refractivity contribution in [3.8, 4) is 6.07 Å². The summed E-state index contributed by atoms with van der Waals surface area (Å²) in [7, 11) is 0. The normalized spacial score (nSPS) is 11.1. The summed E-state index contributed by atoms with van der Waals surface area (Å²) in [6.45, 7) is 8.88. The van der Waals surface area contributed by atoms with Crippen molar-refractivity contribution in [2.45, 2.75) is 27.7 Å². The van der Waals surface area contributed by atoms with Crippen molar-refractivity contribution in [1.29, 1.82) is 5.26 Å². The van der Waals surface area contributed by atoms with E-state index in [0.29, 0.717) is 24.2 Å². The number of carbonyl (C=O) groups excluding carboxylic acids is 1. The second-order valence-corrected chi connectivity index (χ2v) is 9.81. The molecular weight excluding hydrogens is 359 g/mol. The first-order chi connectivity index (χ1) is 11.1. The monoisotopic (exact) mass is 383 g/mol. The summed E-state index contributed by atoms with van der Waals surface area (Å²) in [5, 5.41) is 9.20. The van der Waals surface area contributed by atoms with Crippen LogP contribution in [0.4, 0.5) is 0 Å². The van der Waals surface area contributed by atoms with E-state index in [4.69, 9.17) is 16.0 Å². The van der Waals surface area contributed by atoms with Crippen LogP contribution >= 0.6 is 0 Å². The van der Waals surface area contributed by atoms with Crippen molar-refractivity contribution in [1.82, 2.24) is 0 Å². The Labute approximate surface area is 140 Å². The second-order valence-electron chi connectivity index (χ2n) is 4.45. The van der Waals surface area contributed by atoms with Crippen LogP contribution in [0.2, 0.25) is 0 Å². The van der Waals surface area contributed by atoms with Crippen LogP contribution in [-0.2, 0) is 16.0 Å². The van der Waals surface area contributed by atoms with Crippen molar-refractivity contribution < 1.29 is 20.8 Å². The minimum absolute atomic E-state index is 0.209. The number of ether oxygens (including phenoxy) is 1. The van der Waals surface area contributed by atoms with Gasteiger partial charge in [0, 0.05) is 0 Å². The van der Waals surface area contributed by atoms with Crippen molar-refractivity contribution in [3.63, 3.8) is 0 Å². The molecule has 0 aliphatic carbocycles. The number of carbonyl (C=O) groups is 1. The molecule has 1 rings (SSSR count). The van der Waals surface area contributed by atoms with Gasteiger partial charge in [-0.25, -0.2) is 0 Å². The maximum atomic E-state index is 12.1. The molecule has 1 aromatic rings. The van der Waals surface area contributed by atoms with Crippen molar-refractivity contribution in [2.24, 2.45) is 0 Å². The predicted octanol–water partition coefficient (Wildman–Crippen LogP) is 1.99. The number of esters is 1. The van der Waals surface area contributed by atoms with Gasteiger partial charge in [0.2, 0.25) is 0 Å². The maximum absolute atomic E-state index is 12.1. The number of rotatable bonds is 9. The molecule has 126 valence electrons. The minimum atomic E-state index is -3.73. The van der Waals surface area contributed by atoms with Gasteiger partial charge in [-0.05, 0) is 0 Å². The van der Waals surface area contributed by atoms with Crippen molar-refractivity contribution in [2.75, 3.05) is 26.4 Å². The molecule has 0 unspecified atom stereocenters. The van der Waals surface area contributed by atoms with E-state index in [1.165, 1.54) is 0 Å². The zero-order chi connectivity index (χ0) is 17.3. The van der Waals surface area contributed by atoms with Gasteiger partial charge < -0.3 is 0 Å². The van der Waals surface area contributed by atoms with Gasteiger partial charge in [-0.3, -0.25) is 0 Å². The summed E-state index contributed by atoms with van der Waals surface area (Å²) >= 11 is -3.73. The fourth-order valence-corrected chi connectivity index (χ4v) is 7.40. The fraction of sp³-hybridized carbons (Fsp3) is 0.500. The molecular formula is C16H23GeNO5. The van der Waals surface area contributed by atoms with Crippen LogP contribution in [0.1, 0.15) is 43.6 Å². The number of hydrogen-bond donors (Lipinski definition) is 0. The summed E-state index contributed by atoms with van der Waals surface area (Å²) < 4.78 is 23.3. The third-order valence-corrected chi connectivity index (χ3v) is 9.34. The van der Waals surface area contributed by atoms with Crippen LogP contribution in [0.15, 0.2) is 18.2 Å². The molecule has 0 fully saturated rings. The van der Waals surface area contributed by atoms with Crippen LogP contribution in [0.5, 0.6) is 0 Å². The average Bonchev–Trinajstić information content (AvgIpc) is 2.55. The molecule has 23 heavy (non-hydrogen) atoms. The topological polar surface area (TPSA) is 77.8 Å². The molecule has 0 aliphatic heterocycles. The molecule has 7 heteroatoms. The standard InChI is InChI=1S/C16H23GeNO5/c1-5-20-16(19)15-11-14(10-9-13(15)12-18)17(21-6-2,22-7-3)23-8-4/h9-11H,5-8H2,1-4H3. The van der Waals surface area contributed by atoms with E-state index in [0.717, 1.165) is 0 Å². The van der Waals surface area contributed by atoms with E-state index in [2.05, 4.69) is 0 Å². The van der Waals surface area contributed by atoms with Gasteiger partial charge in [0.15, 0.2) is 0 Å². The zero-order valence-corrected chi connectivity index (χ0v) is 16.1. The van der Waals surface area contributed by atoms with Gasteiger partial charge in [-0.1, -0.05) is 0 Å². The summed E-state index contributed by atoms with van der Waals surface area (Å²) in [4.78, 5) is 12.1. The molecule has 0 radical (unpaired) electrons. The molecule has 6 nitrogen and oxygen atoms in total. The number of hydrogen-bond acceptors (Lipinski definition) is 6. The third kappa shape index (κ3) is 4.78. The van der Waals surface area contributed by atoms with Gasteiger partial charge >= 0.3 is 140 Å². The molecule has 0 heterocycles. The average molecular weight is 382 g/mol. The first kappa shape index (κ1) is 19.6. The Hall–Kier alpha value is -1.40. The van der Waals surface area contributed by atoms with Crippen LogP contribution in [-0.4, -0.2) is 46.7 Å². The molecule has 0 aromatic heterocycles. The molecule has 1 aromatic carbocycles. The van der Waals surface area contributed by atoms with Gasteiger partial charge in [0.05, 0.1) is 0 Å². The number of nitriles is 1. The summed E-state index contributed by atoms with van der Waals surface area (Å²) in [6, 6.07) is 6.94. The molecule has 0 N–H and O–H groups in total. The van der Waals surface area contributed by atoms with E-state index in [1.807, 2.05) is 26.8 Å². The fourth-order valence-electron chi connectivity index (χ4n) is 2.15. The molecule has 0 amide bonds. The van der Waals surface area contributed by atoms with Crippen LogP contribution < -0.4 is 4.40 Å². The molecule has 0 spiro atoms. The SMILES string of the molecule is CCOC(=O)c1c[c]([Ge]([O]CC)([O]CC)[O]CC)ccc1C#N. The molecule has 0 atom stereocenters. The molecule has 0 saturated heterocycles. The van der Waals surface area contributed by atoms with Crippen LogP contribution in [0.3, 0.4) is 0 Å². The number of benzene rings is 1. The summed E-state index contributed by atoms with van der Waals surface area (Å²) in [5.74, 6) is -0.535. The Kier molecular flexibility index (Phi) is 8.27. The van der Waals surface area contributed by atoms with Crippen LogP contribution in [0, 0.1) is 11.3 Å². The predicted molar refractivity (Wildman–Crippen MR) is 87.4 cm³/mol. The van der Waals surface area contributed by atoms with Crippen LogP contribution in [0.25, 0.3) is 0 Å². The van der Waals surface area contributed by atoms with E-state index in [-0.39, 0.29) is 17.7 Å². The summed E-state index contributed by atoms with van der Waals surface area (Å²) in [5.41, 5.74) is 0.467. The Morgan fingerprint density at radius 2 is 1.61 bits per heavy atom. The molecule has 0 aliphatic rings.